The molecule has 3 heterocycles. The number of hydrogen-bond donors (Lipinski definition) is 3. The van der Waals surface area contributed by atoms with Gasteiger partial charge in [0, 0.05) is 5.69 Å². The molecule has 0 fully saturated rings. The maximum atomic E-state index is 15.1. The van der Waals surface area contributed by atoms with Crippen molar-refractivity contribution < 1.29 is 18.0 Å². The summed E-state index contributed by atoms with van der Waals surface area (Å²) in [6.07, 6.45) is -5.43. The highest BCUT2D eigenvalue weighted by Crippen LogP contribution is 2.51. The number of aryl methyl sites for hydroxylation is 3. The quantitative estimate of drug-likeness (QED) is 0.392. The summed E-state index contributed by atoms with van der Waals surface area (Å²) in [5.74, 6) is -2.31. The van der Waals surface area contributed by atoms with Crippen molar-refractivity contribution >= 4 is 11.7 Å². The van der Waals surface area contributed by atoms with Crippen LogP contribution in [0.25, 0.3) is 11.4 Å². The molecule has 1 aliphatic rings. The first-order valence-corrected chi connectivity index (χ1v) is 11.1. The molecule has 0 bridgehead atoms. The van der Waals surface area contributed by atoms with Crippen LogP contribution in [-0.4, -0.2) is 31.4 Å². The van der Waals surface area contributed by atoms with Gasteiger partial charge in [0.15, 0.2) is 0 Å². The first-order chi connectivity index (χ1) is 17.4. The van der Waals surface area contributed by atoms with Gasteiger partial charge in [-0.25, -0.2) is 14.0 Å². The van der Waals surface area contributed by atoms with Crippen LogP contribution in [0, 0.1) is 20.8 Å². The summed E-state index contributed by atoms with van der Waals surface area (Å²) in [6.45, 7) is 4.76. The molecule has 0 spiro atoms. The van der Waals surface area contributed by atoms with Crippen molar-refractivity contribution in [3.63, 3.8) is 0 Å². The average Bonchev–Trinajstić information content (AvgIpc) is 3.29. The molecular formula is C25H20F3N5O4. The minimum atomic E-state index is -5.43. The Morgan fingerprint density at radius 1 is 0.838 bits per heavy atom. The van der Waals surface area contributed by atoms with Crippen molar-refractivity contribution in [2.45, 2.75) is 32.4 Å². The summed E-state index contributed by atoms with van der Waals surface area (Å²) >= 11 is 0. The van der Waals surface area contributed by atoms with Gasteiger partial charge in [-0.15, -0.1) is 0 Å². The average molecular weight is 511 g/mol. The second kappa shape index (κ2) is 7.95. The Hall–Kier alpha value is -4.61. The standard InChI is InChI=1S/C25H20F3N5O4/c1-12-9-10-16(11-13(12)2)32-19-18(20(34)30-23(32)37)24(22(36)29-19,25(26,27)28)17-14(3)31-33(21(17)35)15-7-5-4-6-8-15/h4-11,31H,1-3H3,(H,29,36)(H,30,34,37)/t24-/m1/s1. The van der Waals surface area contributed by atoms with Gasteiger partial charge in [-0.2, -0.15) is 13.2 Å². The number of carbonyl (C=O) groups excluding carboxylic acids is 1. The zero-order valence-electron chi connectivity index (χ0n) is 19.8. The number of aromatic nitrogens is 4. The van der Waals surface area contributed by atoms with Crippen LogP contribution in [-0.2, 0) is 10.2 Å². The van der Waals surface area contributed by atoms with Gasteiger partial charge in [0.05, 0.1) is 22.5 Å². The number of benzene rings is 2. The van der Waals surface area contributed by atoms with Crippen LogP contribution in [0.3, 0.4) is 0 Å². The highest BCUT2D eigenvalue weighted by molar-refractivity contribution is 6.09. The second-order valence-electron chi connectivity index (χ2n) is 8.88. The van der Waals surface area contributed by atoms with E-state index in [2.05, 4.69) is 10.4 Å². The summed E-state index contributed by atoms with van der Waals surface area (Å²) in [4.78, 5) is 54.6. The molecule has 2 aromatic carbocycles. The highest BCUT2D eigenvalue weighted by atomic mass is 19.4. The molecule has 1 aliphatic heterocycles. The summed E-state index contributed by atoms with van der Waals surface area (Å²) in [6, 6.07) is 12.5. The van der Waals surface area contributed by atoms with Crippen molar-refractivity contribution in [2.24, 2.45) is 0 Å². The van der Waals surface area contributed by atoms with E-state index in [9.17, 15) is 19.2 Å². The van der Waals surface area contributed by atoms with E-state index in [4.69, 9.17) is 0 Å². The first kappa shape index (κ1) is 24.1. The highest BCUT2D eigenvalue weighted by Gasteiger charge is 2.70. The minimum absolute atomic E-state index is 0.131. The Morgan fingerprint density at radius 2 is 1.51 bits per heavy atom. The van der Waals surface area contributed by atoms with E-state index in [1.54, 1.807) is 37.3 Å². The van der Waals surface area contributed by atoms with Crippen molar-refractivity contribution in [1.82, 2.24) is 19.3 Å². The summed E-state index contributed by atoms with van der Waals surface area (Å²) in [5.41, 5.74) is -7.68. The maximum absolute atomic E-state index is 15.1. The fourth-order valence-electron chi connectivity index (χ4n) is 4.83. The molecule has 0 saturated carbocycles. The normalized spacial score (nSPS) is 17.1. The van der Waals surface area contributed by atoms with Crippen molar-refractivity contribution in [1.29, 1.82) is 0 Å². The molecule has 190 valence electrons. The first-order valence-electron chi connectivity index (χ1n) is 11.1. The Labute approximate surface area is 206 Å². The monoisotopic (exact) mass is 511 g/mol. The lowest BCUT2D eigenvalue weighted by atomic mass is 9.75. The number of hydrogen-bond acceptors (Lipinski definition) is 4. The molecule has 12 heteroatoms. The molecule has 1 amide bonds. The van der Waals surface area contributed by atoms with Gasteiger partial charge in [-0.05, 0) is 56.2 Å². The van der Waals surface area contributed by atoms with Crippen molar-refractivity contribution in [3.05, 3.63) is 108 Å². The van der Waals surface area contributed by atoms with Crippen molar-refractivity contribution in [2.75, 3.05) is 5.32 Å². The predicted octanol–water partition coefficient (Wildman–Crippen LogP) is 2.73. The lowest BCUT2D eigenvalue weighted by Crippen LogP contribution is -2.54. The Morgan fingerprint density at radius 3 is 2.14 bits per heavy atom. The van der Waals surface area contributed by atoms with Crippen LogP contribution in [0.1, 0.15) is 27.9 Å². The molecular weight excluding hydrogens is 491 g/mol. The van der Waals surface area contributed by atoms with Crippen LogP contribution in [0.5, 0.6) is 0 Å². The molecule has 0 unspecified atom stereocenters. The number of H-pyrrole nitrogens is 2. The Balaban J connectivity index is 1.90. The molecule has 0 saturated heterocycles. The molecule has 1 atom stereocenters. The summed E-state index contributed by atoms with van der Waals surface area (Å²) in [5, 5.41) is 4.69. The van der Waals surface area contributed by atoms with Crippen LogP contribution >= 0.6 is 0 Å². The molecule has 3 N–H and O–H groups in total. The predicted molar refractivity (Wildman–Crippen MR) is 129 cm³/mol. The lowest BCUT2D eigenvalue weighted by molar-refractivity contribution is -0.181. The molecule has 0 aliphatic carbocycles. The fraction of sp³-hybridized carbons (Fsp3) is 0.200. The zero-order chi connectivity index (χ0) is 26.9. The topological polar surface area (TPSA) is 122 Å². The number of rotatable bonds is 3. The van der Waals surface area contributed by atoms with E-state index in [1.807, 2.05) is 11.9 Å². The molecule has 2 aromatic heterocycles. The van der Waals surface area contributed by atoms with Gasteiger partial charge in [0.2, 0.25) is 5.41 Å². The summed E-state index contributed by atoms with van der Waals surface area (Å²) < 4.78 is 46.9. The van der Waals surface area contributed by atoms with E-state index in [0.717, 1.165) is 20.4 Å². The molecule has 0 radical (unpaired) electrons. The minimum Gasteiger partial charge on any atom is -0.310 e. The number of nitrogens with zero attached hydrogens (tertiary/aromatic N) is 2. The zero-order valence-corrected chi connectivity index (χ0v) is 19.8. The van der Waals surface area contributed by atoms with Crippen molar-refractivity contribution in [3.8, 4) is 11.4 Å². The molecule has 9 nitrogen and oxygen atoms in total. The number of aromatic amines is 2. The number of carbonyl (C=O) groups is 1. The van der Waals surface area contributed by atoms with Gasteiger partial charge in [-0.3, -0.25) is 24.5 Å². The Kier molecular flexibility index (Phi) is 5.18. The fourth-order valence-corrected chi connectivity index (χ4v) is 4.83. The molecule has 5 rings (SSSR count). The third kappa shape index (κ3) is 3.25. The number of alkyl halides is 3. The molecule has 37 heavy (non-hydrogen) atoms. The number of para-hydroxylation sites is 1. The van der Waals surface area contributed by atoms with E-state index in [-0.39, 0.29) is 17.1 Å². The molecule has 4 aromatic rings. The Bertz CT molecular complexity index is 1760. The van der Waals surface area contributed by atoms with Gasteiger partial charge < -0.3 is 5.32 Å². The van der Waals surface area contributed by atoms with E-state index in [1.165, 1.54) is 25.1 Å². The smallest absolute Gasteiger partial charge is 0.310 e. The van der Waals surface area contributed by atoms with Crippen LogP contribution < -0.4 is 22.1 Å². The van der Waals surface area contributed by atoms with Gasteiger partial charge >= 0.3 is 11.9 Å². The third-order valence-electron chi connectivity index (χ3n) is 6.69. The van der Waals surface area contributed by atoms with Gasteiger partial charge in [0.1, 0.15) is 5.82 Å². The van der Waals surface area contributed by atoms with Crippen LogP contribution in [0.15, 0.2) is 62.9 Å². The van der Waals surface area contributed by atoms with E-state index >= 15 is 13.2 Å². The largest absolute Gasteiger partial charge is 0.411 e. The number of halogens is 3. The third-order valence-corrected chi connectivity index (χ3v) is 6.69. The summed E-state index contributed by atoms with van der Waals surface area (Å²) in [7, 11) is 0. The number of anilines is 1. The van der Waals surface area contributed by atoms with E-state index in [0.29, 0.717) is 0 Å². The van der Waals surface area contributed by atoms with E-state index < -0.39 is 51.3 Å². The SMILES string of the molecule is Cc1ccc(-n2c3c(c(=O)[nH]c2=O)[C@@](c2c(C)[nH]n(-c4ccccc4)c2=O)(C(F)(F)F)C(=O)N3)cc1C. The van der Waals surface area contributed by atoms with Gasteiger partial charge in [0.25, 0.3) is 17.0 Å². The second-order valence-corrected chi connectivity index (χ2v) is 8.88. The van der Waals surface area contributed by atoms with Crippen LogP contribution in [0.4, 0.5) is 19.0 Å². The number of amides is 1. The lowest BCUT2D eigenvalue weighted by Gasteiger charge is -2.28. The number of nitrogens with one attached hydrogen (secondary N) is 3. The van der Waals surface area contributed by atoms with Crippen LogP contribution in [0.2, 0.25) is 0 Å². The maximum Gasteiger partial charge on any atom is 0.411 e. The van der Waals surface area contributed by atoms with Gasteiger partial charge in [-0.1, -0.05) is 24.3 Å². The number of fused-ring (bicyclic) bond motifs is 1.